The highest BCUT2D eigenvalue weighted by molar-refractivity contribution is 14.0. The SMILES string of the molecule is COc1ccc(OC)c(C(C)NC(=NCc2nnc(C)n2C)NCCCSC)c1.I. The van der Waals surface area contributed by atoms with E-state index in [-0.39, 0.29) is 30.0 Å². The molecule has 0 saturated heterocycles. The minimum atomic E-state index is -0.0342. The number of halogens is 1. The van der Waals surface area contributed by atoms with Crippen molar-refractivity contribution in [3.05, 3.63) is 35.4 Å². The van der Waals surface area contributed by atoms with Crippen LogP contribution >= 0.6 is 35.7 Å². The third-order valence-electron chi connectivity index (χ3n) is 4.64. The van der Waals surface area contributed by atoms with Crippen LogP contribution in [0, 0.1) is 6.92 Å². The van der Waals surface area contributed by atoms with Crippen LogP contribution in [0.4, 0.5) is 0 Å². The largest absolute Gasteiger partial charge is 0.497 e. The number of benzene rings is 1. The summed E-state index contributed by atoms with van der Waals surface area (Å²) in [5.41, 5.74) is 1.000. The van der Waals surface area contributed by atoms with Gasteiger partial charge in [0.1, 0.15) is 23.9 Å². The van der Waals surface area contributed by atoms with E-state index in [0.717, 1.165) is 53.4 Å². The summed E-state index contributed by atoms with van der Waals surface area (Å²) in [7, 11) is 5.28. The Labute approximate surface area is 200 Å². The molecular weight excluding hydrogens is 515 g/mol. The first-order valence-electron chi connectivity index (χ1n) is 9.60. The number of ether oxygens (including phenoxy) is 2. The van der Waals surface area contributed by atoms with E-state index in [4.69, 9.17) is 14.5 Å². The van der Waals surface area contributed by atoms with Gasteiger partial charge in [-0.15, -0.1) is 34.2 Å². The normalized spacial score (nSPS) is 12.1. The quantitative estimate of drug-likeness (QED) is 0.204. The molecule has 0 amide bonds. The summed E-state index contributed by atoms with van der Waals surface area (Å²) >= 11 is 1.84. The smallest absolute Gasteiger partial charge is 0.192 e. The van der Waals surface area contributed by atoms with Gasteiger partial charge >= 0.3 is 0 Å². The molecule has 0 fully saturated rings. The molecule has 1 atom stereocenters. The van der Waals surface area contributed by atoms with Crippen molar-refractivity contribution in [1.29, 1.82) is 0 Å². The molecule has 0 saturated carbocycles. The molecule has 30 heavy (non-hydrogen) atoms. The molecule has 8 nitrogen and oxygen atoms in total. The maximum Gasteiger partial charge on any atom is 0.192 e. The summed E-state index contributed by atoms with van der Waals surface area (Å²) in [6, 6.07) is 5.75. The van der Waals surface area contributed by atoms with Gasteiger partial charge in [-0.25, -0.2) is 4.99 Å². The Balaban J connectivity index is 0.00000450. The number of nitrogens with zero attached hydrogens (tertiary/aromatic N) is 4. The fourth-order valence-corrected chi connectivity index (χ4v) is 3.21. The maximum absolute atomic E-state index is 5.53. The lowest BCUT2D eigenvalue weighted by Gasteiger charge is -2.21. The number of aryl methyl sites for hydroxylation is 1. The van der Waals surface area contributed by atoms with Gasteiger partial charge in [0.25, 0.3) is 0 Å². The Morgan fingerprint density at radius 2 is 2.03 bits per heavy atom. The van der Waals surface area contributed by atoms with Gasteiger partial charge in [0.2, 0.25) is 0 Å². The van der Waals surface area contributed by atoms with Crippen LogP contribution in [-0.2, 0) is 13.6 Å². The summed E-state index contributed by atoms with van der Waals surface area (Å²) in [6.45, 7) is 5.28. The van der Waals surface area contributed by atoms with E-state index in [0.29, 0.717) is 6.54 Å². The van der Waals surface area contributed by atoms with Crippen LogP contribution in [-0.4, -0.2) is 53.5 Å². The predicted octanol–water partition coefficient (Wildman–Crippen LogP) is 3.31. The van der Waals surface area contributed by atoms with Gasteiger partial charge in [0.15, 0.2) is 11.8 Å². The van der Waals surface area contributed by atoms with Crippen LogP contribution in [0.3, 0.4) is 0 Å². The molecule has 2 rings (SSSR count). The third-order valence-corrected chi connectivity index (χ3v) is 5.33. The molecule has 1 heterocycles. The number of methoxy groups -OCH3 is 2. The van der Waals surface area contributed by atoms with E-state index in [9.17, 15) is 0 Å². The lowest BCUT2D eigenvalue weighted by molar-refractivity contribution is 0.394. The van der Waals surface area contributed by atoms with Crippen molar-refractivity contribution in [2.45, 2.75) is 32.9 Å². The Morgan fingerprint density at radius 3 is 2.63 bits per heavy atom. The van der Waals surface area contributed by atoms with Crippen molar-refractivity contribution in [3.8, 4) is 11.5 Å². The number of aliphatic imine (C=N–C) groups is 1. The van der Waals surface area contributed by atoms with E-state index in [1.54, 1.807) is 14.2 Å². The van der Waals surface area contributed by atoms with Gasteiger partial charge in [0.05, 0.1) is 20.3 Å². The van der Waals surface area contributed by atoms with Gasteiger partial charge in [-0.2, -0.15) is 11.8 Å². The van der Waals surface area contributed by atoms with Gasteiger partial charge in [0, 0.05) is 19.2 Å². The second kappa shape index (κ2) is 13.6. The van der Waals surface area contributed by atoms with E-state index >= 15 is 0 Å². The second-order valence-corrected chi connectivity index (χ2v) is 7.62. The van der Waals surface area contributed by atoms with E-state index in [1.165, 1.54) is 0 Å². The number of nitrogens with one attached hydrogen (secondary N) is 2. The van der Waals surface area contributed by atoms with E-state index in [1.807, 2.05) is 48.5 Å². The summed E-state index contributed by atoms with van der Waals surface area (Å²) in [4.78, 5) is 4.72. The number of aromatic nitrogens is 3. The molecule has 0 aliphatic rings. The van der Waals surface area contributed by atoms with Crippen molar-refractivity contribution >= 4 is 41.7 Å². The Hall–Kier alpha value is -1.69. The molecule has 2 N–H and O–H groups in total. The number of rotatable bonds is 10. The summed E-state index contributed by atoms with van der Waals surface area (Å²) < 4.78 is 12.8. The van der Waals surface area contributed by atoms with Crippen LogP contribution < -0.4 is 20.1 Å². The van der Waals surface area contributed by atoms with Crippen molar-refractivity contribution in [2.75, 3.05) is 32.8 Å². The third kappa shape index (κ3) is 7.53. The summed E-state index contributed by atoms with van der Waals surface area (Å²) in [5, 5.41) is 15.2. The van der Waals surface area contributed by atoms with Gasteiger partial charge < -0.3 is 24.7 Å². The first kappa shape index (κ1) is 26.3. The van der Waals surface area contributed by atoms with Crippen molar-refractivity contribution in [1.82, 2.24) is 25.4 Å². The highest BCUT2D eigenvalue weighted by Crippen LogP contribution is 2.29. The van der Waals surface area contributed by atoms with Crippen molar-refractivity contribution in [3.63, 3.8) is 0 Å². The molecular formula is C20H33IN6O2S. The van der Waals surface area contributed by atoms with Crippen LogP contribution in [0.1, 0.15) is 36.6 Å². The molecule has 1 aromatic carbocycles. The highest BCUT2D eigenvalue weighted by Gasteiger charge is 2.15. The molecule has 0 radical (unpaired) electrons. The topological polar surface area (TPSA) is 85.6 Å². The molecule has 0 aliphatic carbocycles. The molecule has 168 valence electrons. The molecule has 1 aromatic heterocycles. The minimum absolute atomic E-state index is 0. The van der Waals surface area contributed by atoms with Gasteiger partial charge in [-0.3, -0.25) is 0 Å². The van der Waals surface area contributed by atoms with Gasteiger partial charge in [-0.05, 0) is 50.5 Å². The number of hydrogen-bond acceptors (Lipinski definition) is 6. The maximum atomic E-state index is 5.53. The van der Waals surface area contributed by atoms with E-state index < -0.39 is 0 Å². The Kier molecular flexibility index (Phi) is 11.9. The van der Waals surface area contributed by atoms with Crippen molar-refractivity contribution < 1.29 is 9.47 Å². The first-order chi connectivity index (χ1) is 14.0. The zero-order valence-electron chi connectivity index (χ0n) is 18.6. The molecule has 0 spiro atoms. The van der Waals surface area contributed by atoms with Crippen LogP contribution in [0.15, 0.2) is 23.2 Å². The molecule has 0 aliphatic heterocycles. The van der Waals surface area contributed by atoms with Crippen LogP contribution in [0.5, 0.6) is 11.5 Å². The zero-order valence-corrected chi connectivity index (χ0v) is 21.7. The summed E-state index contributed by atoms with van der Waals surface area (Å²) in [6.07, 6.45) is 3.17. The van der Waals surface area contributed by atoms with Crippen LogP contribution in [0.25, 0.3) is 0 Å². The Bertz CT molecular complexity index is 815. The number of hydrogen-bond donors (Lipinski definition) is 2. The molecule has 0 bridgehead atoms. The van der Waals surface area contributed by atoms with Crippen molar-refractivity contribution in [2.24, 2.45) is 12.0 Å². The Morgan fingerprint density at radius 1 is 1.27 bits per heavy atom. The first-order valence-corrected chi connectivity index (χ1v) is 11.0. The standard InChI is InChI=1S/C20H32N6O2S.HI/c1-14(17-12-16(27-4)8-9-18(17)28-5)23-20(21-10-7-11-29-6)22-13-19-25-24-15(2)26(19)3;/h8-9,12,14H,7,10-11,13H2,1-6H3,(H2,21,22,23);1H. The molecule has 1 unspecified atom stereocenters. The number of guanidine groups is 1. The zero-order chi connectivity index (χ0) is 21.2. The monoisotopic (exact) mass is 548 g/mol. The minimum Gasteiger partial charge on any atom is -0.497 e. The molecule has 2 aromatic rings. The average molecular weight is 548 g/mol. The van der Waals surface area contributed by atoms with Gasteiger partial charge in [-0.1, -0.05) is 0 Å². The number of thioether (sulfide) groups is 1. The summed E-state index contributed by atoms with van der Waals surface area (Å²) in [5.74, 6) is 5.10. The molecule has 10 heteroatoms. The van der Waals surface area contributed by atoms with E-state index in [2.05, 4.69) is 34.0 Å². The average Bonchev–Trinajstić information content (AvgIpc) is 3.06. The lowest BCUT2D eigenvalue weighted by atomic mass is 10.1. The highest BCUT2D eigenvalue weighted by atomic mass is 127. The second-order valence-electron chi connectivity index (χ2n) is 6.63. The van der Waals surface area contributed by atoms with Crippen LogP contribution in [0.2, 0.25) is 0 Å². The fourth-order valence-electron chi connectivity index (χ4n) is 2.77. The fraction of sp³-hybridized carbons (Fsp3) is 0.550. The lowest BCUT2D eigenvalue weighted by Crippen LogP contribution is -2.39. The predicted molar refractivity (Wildman–Crippen MR) is 134 cm³/mol.